The Morgan fingerprint density at radius 3 is 2.58 bits per heavy atom. The number of halogens is 1. The maximum Gasteiger partial charge on any atom is 0.0544 e. The molecule has 0 N–H and O–H groups in total. The average molecular weight is 444 g/mol. The first-order valence-corrected chi connectivity index (χ1v) is 11.9. The quantitative estimate of drug-likeness (QED) is 0.252. The van der Waals surface area contributed by atoms with Crippen LogP contribution in [-0.4, -0.2) is 4.57 Å². The van der Waals surface area contributed by atoms with Gasteiger partial charge in [0.1, 0.15) is 0 Å². The van der Waals surface area contributed by atoms with Gasteiger partial charge < -0.3 is 4.57 Å². The molecule has 158 valence electrons. The van der Waals surface area contributed by atoms with E-state index in [0.29, 0.717) is 5.92 Å². The smallest absolute Gasteiger partial charge is 0.0544 e. The summed E-state index contributed by atoms with van der Waals surface area (Å²) in [5, 5.41) is 3.32. The van der Waals surface area contributed by atoms with Crippen LogP contribution < -0.4 is 0 Å². The Labute approximate surface area is 198 Å². The van der Waals surface area contributed by atoms with E-state index in [0.717, 1.165) is 17.9 Å². The normalized spacial score (nSPS) is 16.5. The summed E-state index contributed by atoms with van der Waals surface area (Å²) in [7, 11) is 0. The summed E-state index contributed by atoms with van der Waals surface area (Å²) in [6, 6.07) is 28.6. The van der Waals surface area contributed by atoms with Crippen molar-refractivity contribution in [3.8, 4) is 16.8 Å². The highest BCUT2D eigenvalue weighted by Gasteiger charge is 2.24. The van der Waals surface area contributed by atoms with Gasteiger partial charge >= 0.3 is 0 Å². The Hall–Kier alpha value is -3.55. The highest BCUT2D eigenvalue weighted by Crippen LogP contribution is 2.44. The van der Waals surface area contributed by atoms with Crippen LogP contribution in [0.2, 0.25) is 5.02 Å². The predicted octanol–water partition coefficient (Wildman–Crippen LogP) is 8.61. The van der Waals surface area contributed by atoms with Crippen LogP contribution in [0.4, 0.5) is 0 Å². The summed E-state index contributed by atoms with van der Waals surface area (Å²) in [6.07, 6.45) is 10.9. The van der Waals surface area contributed by atoms with Crippen molar-refractivity contribution in [3.05, 3.63) is 125 Å². The third-order valence-corrected chi connectivity index (χ3v) is 7.47. The first-order valence-electron chi connectivity index (χ1n) is 11.6. The van der Waals surface area contributed by atoms with E-state index in [9.17, 15) is 0 Å². The van der Waals surface area contributed by atoms with Crippen LogP contribution in [0.5, 0.6) is 0 Å². The van der Waals surface area contributed by atoms with E-state index in [2.05, 4.69) is 102 Å². The first kappa shape index (κ1) is 19.0. The maximum absolute atomic E-state index is 6.53. The minimum atomic E-state index is 0.377. The van der Waals surface area contributed by atoms with Gasteiger partial charge in [0.25, 0.3) is 0 Å². The van der Waals surface area contributed by atoms with Gasteiger partial charge in [-0.25, -0.2) is 0 Å². The molecule has 1 unspecified atom stereocenters. The molecule has 2 aliphatic carbocycles. The lowest BCUT2D eigenvalue weighted by Crippen LogP contribution is -2.00. The minimum absolute atomic E-state index is 0.377. The third-order valence-electron chi connectivity index (χ3n) is 7.23. The summed E-state index contributed by atoms with van der Waals surface area (Å²) >= 11 is 6.53. The van der Waals surface area contributed by atoms with Crippen LogP contribution in [0.1, 0.15) is 29.0 Å². The molecule has 4 aromatic carbocycles. The molecule has 0 fully saturated rings. The zero-order chi connectivity index (χ0) is 21.9. The summed E-state index contributed by atoms with van der Waals surface area (Å²) in [6.45, 7) is 0. The van der Waals surface area contributed by atoms with Crippen molar-refractivity contribution in [1.82, 2.24) is 4.57 Å². The fraction of sp³-hybridized carbons (Fsp3) is 0.0968. The molecule has 0 aliphatic heterocycles. The van der Waals surface area contributed by atoms with Crippen molar-refractivity contribution in [2.75, 3.05) is 0 Å². The molecular weight excluding hydrogens is 422 g/mol. The van der Waals surface area contributed by atoms with E-state index in [-0.39, 0.29) is 0 Å². The van der Waals surface area contributed by atoms with Crippen LogP contribution in [0, 0.1) is 0 Å². The second-order valence-corrected chi connectivity index (χ2v) is 9.47. The van der Waals surface area contributed by atoms with Crippen molar-refractivity contribution in [3.63, 3.8) is 0 Å². The van der Waals surface area contributed by atoms with Gasteiger partial charge in [0.15, 0.2) is 0 Å². The van der Waals surface area contributed by atoms with Crippen molar-refractivity contribution < 1.29 is 0 Å². The molecule has 1 heterocycles. The minimum Gasteiger partial charge on any atom is -0.309 e. The van der Waals surface area contributed by atoms with Crippen molar-refractivity contribution in [2.45, 2.75) is 18.8 Å². The summed E-state index contributed by atoms with van der Waals surface area (Å²) in [5.41, 5.74) is 10.6. The summed E-state index contributed by atoms with van der Waals surface area (Å²) in [4.78, 5) is 0. The van der Waals surface area contributed by atoms with Crippen LogP contribution in [-0.2, 0) is 6.42 Å². The van der Waals surface area contributed by atoms with Gasteiger partial charge in [-0.3, -0.25) is 0 Å². The molecule has 2 aliphatic rings. The largest absolute Gasteiger partial charge is 0.309 e. The second-order valence-electron chi connectivity index (χ2n) is 9.03. The lowest BCUT2D eigenvalue weighted by molar-refractivity contribution is 0.862. The van der Waals surface area contributed by atoms with Gasteiger partial charge in [0.05, 0.1) is 16.7 Å². The zero-order valence-electron chi connectivity index (χ0n) is 18.1. The molecule has 0 saturated carbocycles. The van der Waals surface area contributed by atoms with Crippen LogP contribution >= 0.6 is 11.6 Å². The number of hydrogen-bond acceptors (Lipinski definition) is 0. The first-order chi connectivity index (χ1) is 16.3. The molecule has 1 nitrogen and oxygen atoms in total. The molecule has 5 aromatic rings. The molecule has 33 heavy (non-hydrogen) atoms. The molecule has 0 spiro atoms. The van der Waals surface area contributed by atoms with Crippen molar-refractivity contribution >= 4 is 33.4 Å². The fourth-order valence-corrected chi connectivity index (χ4v) is 5.97. The standard InChI is InChI=1S/C31H22ClN/c32-22-16-17-29-27(19-22)31-24(20-8-2-1-3-9-20)12-6-15-30(31)33(29)28-14-7-13-25-23-11-5-4-10-21(23)18-26(25)28/h1-8,10-17,19-20H,9,18H2. The van der Waals surface area contributed by atoms with E-state index < -0.39 is 0 Å². The van der Waals surface area contributed by atoms with Crippen molar-refractivity contribution in [2.24, 2.45) is 0 Å². The highest BCUT2D eigenvalue weighted by atomic mass is 35.5. The Morgan fingerprint density at radius 1 is 0.788 bits per heavy atom. The van der Waals surface area contributed by atoms with Crippen LogP contribution in [0.25, 0.3) is 38.6 Å². The zero-order valence-corrected chi connectivity index (χ0v) is 18.9. The van der Waals surface area contributed by atoms with Crippen molar-refractivity contribution in [1.29, 1.82) is 0 Å². The Balaban J connectivity index is 1.56. The molecule has 1 aromatic heterocycles. The van der Waals surface area contributed by atoms with E-state index in [1.54, 1.807) is 0 Å². The second kappa shape index (κ2) is 7.23. The number of allylic oxidation sites excluding steroid dienone is 4. The highest BCUT2D eigenvalue weighted by molar-refractivity contribution is 6.32. The number of aromatic nitrogens is 1. The van der Waals surface area contributed by atoms with E-state index in [4.69, 9.17) is 11.6 Å². The lowest BCUT2D eigenvalue weighted by atomic mass is 9.89. The van der Waals surface area contributed by atoms with Gasteiger partial charge in [-0.05, 0) is 64.6 Å². The van der Waals surface area contributed by atoms with Gasteiger partial charge in [0.2, 0.25) is 0 Å². The maximum atomic E-state index is 6.53. The Bertz CT molecular complexity index is 1630. The molecule has 2 heteroatoms. The molecule has 0 radical (unpaired) electrons. The van der Waals surface area contributed by atoms with E-state index in [1.807, 2.05) is 6.07 Å². The van der Waals surface area contributed by atoms with E-state index >= 15 is 0 Å². The Kier molecular flexibility index (Phi) is 4.16. The molecule has 1 atom stereocenters. The summed E-state index contributed by atoms with van der Waals surface area (Å²) in [5.74, 6) is 0.377. The topological polar surface area (TPSA) is 4.93 Å². The van der Waals surface area contributed by atoms with Crippen LogP contribution in [0.15, 0.2) is 103 Å². The number of fused-ring (bicyclic) bond motifs is 6. The number of nitrogens with zero attached hydrogens (tertiary/aromatic N) is 1. The fourth-order valence-electron chi connectivity index (χ4n) is 5.80. The number of rotatable bonds is 2. The monoisotopic (exact) mass is 443 g/mol. The average Bonchev–Trinajstić information content (AvgIpc) is 3.40. The van der Waals surface area contributed by atoms with E-state index in [1.165, 1.54) is 55.3 Å². The van der Waals surface area contributed by atoms with Crippen LogP contribution in [0.3, 0.4) is 0 Å². The molecule has 0 bridgehead atoms. The lowest BCUT2D eigenvalue weighted by Gasteiger charge is -2.16. The predicted molar refractivity (Wildman–Crippen MR) is 140 cm³/mol. The Morgan fingerprint density at radius 2 is 1.67 bits per heavy atom. The van der Waals surface area contributed by atoms with Gasteiger partial charge in [-0.15, -0.1) is 0 Å². The molecule has 7 rings (SSSR count). The van der Waals surface area contributed by atoms with Gasteiger partial charge in [-0.1, -0.05) is 84.4 Å². The summed E-state index contributed by atoms with van der Waals surface area (Å²) < 4.78 is 2.46. The van der Waals surface area contributed by atoms with Gasteiger partial charge in [0, 0.05) is 28.1 Å². The molecule has 0 saturated heterocycles. The SMILES string of the molecule is Clc1ccc2c(c1)c1c(C3C=CC=CC3)cccc1n2-c1cccc2c1Cc1ccccc1-2. The molecular formula is C31H22ClN. The third kappa shape index (κ3) is 2.79. The number of hydrogen-bond donors (Lipinski definition) is 0. The number of benzene rings is 4. The van der Waals surface area contributed by atoms with Gasteiger partial charge in [-0.2, -0.15) is 0 Å². The molecule has 0 amide bonds.